The van der Waals surface area contributed by atoms with Crippen LogP contribution in [-0.2, 0) is 4.79 Å². The molecule has 1 aliphatic rings. The van der Waals surface area contributed by atoms with Crippen molar-refractivity contribution in [3.05, 3.63) is 58.9 Å². The van der Waals surface area contributed by atoms with Crippen molar-refractivity contribution in [2.75, 3.05) is 29.9 Å². The molecule has 0 radical (unpaired) electrons. The quantitative estimate of drug-likeness (QED) is 0.903. The van der Waals surface area contributed by atoms with Crippen molar-refractivity contribution in [1.82, 2.24) is 4.90 Å². The van der Waals surface area contributed by atoms with Crippen LogP contribution in [0.25, 0.3) is 0 Å². The van der Waals surface area contributed by atoms with E-state index < -0.39 is 0 Å². The van der Waals surface area contributed by atoms with Crippen LogP contribution in [0.2, 0.25) is 5.02 Å². The van der Waals surface area contributed by atoms with Crippen LogP contribution in [0.15, 0.2) is 42.5 Å². The first-order valence-corrected chi connectivity index (χ1v) is 8.20. The highest BCUT2D eigenvalue weighted by molar-refractivity contribution is 6.30. The van der Waals surface area contributed by atoms with Crippen molar-refractivity contribution in [2.24, 2.45) is 0 Å². The van der Waals surface area contributed by atoms with Gasteiger partial charge in [0.1, 0.15) is 12.4 Å². The number of hydrogen-bond acceptors (Lipinski definition) is 2. The summed E-state index contributed by atoms with van der Waals surface area (Å²) in [6, 6.07) is 11.2. The molecule has 0 saturated carbocycles. The predicted octanol–water partition coefficient (Wildman–Crippen LogP) is 3.67. The fraction of sp³-hybridized carbons (Fsp3) is 0.222. The van der Waals surface area contributed by atoms with E-state index in [1.165, 1.54) is 11.0 Å². The number of hydrogen-bond donors (Lipinski definition) is 1. The van der Waals surface area contributed by atoms with Crippen LogP contribution < -0.4 is 10.2 Å². The lowest BCUT2D eigenvalue weighted by molar-refractivity contribution is -0.116. The molecule has 0 atom stereocenters. The predicted molar refractivity (Wildman–Crippen MR) is 95.5 cm³/mol. The van der Waals surface area contributed by atoms with Crippen molar-refractivity contribution in [2.45, 2.75) is 6.92 Å². The molecule has 3 amide bonds. The maximum atomic E-state index is 13.5. The zero-order valence-electron chi connectivity index (χ0n) is 13.6. The van der Waals surface area contributed by atoms with Gasteiger partial charge in [0.25, 0.3) is 0 Å². The molecule has 5 nitrogen and oxygen atoms in total. The first-order valence-electron chi connectivity index (χ1n) is 7.82. The van der Waals surface area contributed by atoms with E-state index in [0.717, 1.165) is 5.69 Å². The lowest BCUT2D eigenvalue weighted by atomic mass is 10.2. The van der Waals surface area contributed by atoms with Crippen LogP contribution in [0.4, 0.5) is 20.6 Å². The number of aryl methyl sites for hydroxylation is 1. The van der Waals surface area contributed by atoms with Crippen LogP contribution in [0.1, 0.15) is 5.56 Å². The Morgan fingerprint density at radius 3 is 2.60 bits per heavy atom. The third-order valence-electron chi connectivity index (χ3n) is 4.02. The highest BCUT2D eigenvalue weighted by Gasteiger charge is 2.30. The minimum absolute atomic E-state index is 0.0849. The van der Waals surface area contributed by atoms with Gasteiger partial charge in [0, 0.05) is 29.5 Å². The van der Waals surface area contributed by atoms with Crippen molar-refractivity contribution in [1.29, 1.82) is 0 Å². The normalized spacial score (nSPS) is 14.1. The van der Waals surface area contributed by atoms with Gasteiger partial charge < -0.3 is 10.2 Å². The Balaban J connectivity index is 1.61. The van der Waals surface area contributed by atoms with E-state index in [2.05, 4.69) is 5.32 Å². The summed E-state index contributed by atoms with van der Waals surface area (Å²) in [5.74, 6) is -0.751. The number of halogens is 2. The van der Waals surface area contributed by atoms with Gasteiger partial charge in [-0.05, 0) is 48.9 Å². The lowest BCUT2D eigenvalue weighted by Gasteiger charge is -2.18. The van der Waals surface area contributed by atoms with Gasteiger partial charge >= 0.3 is 6.03 Å². The molecular formula is C18H17ClFN3O2. The molecule has 0 aliphatic carbocycles. The summed E-state index contributed by atoms with van der Waals surface area (Å²) < 4.78 is 13.5. The third kappa shape index (κ3) is 3.91. The second-order valence-electron chi connectivity index (χ2n) is 5.84. The Hall–Kier alpha value is -2.60. The Morgan fingerprint density at radius 1 is 1.20 bits per heavy atom. The van der Waals surface area contributed by atoms with Crippen molar-refractivity contribution >= 4 is 34.9 Å². The number of amides is 3. The van der Waals surface area contributed by atoms with E-state index >= 15 is 0 Å². The van der Waals surface area contributed by atoms with Crippen molar-refractivity contribution < 1.29 is 14.0 Å². The summed E-state index contributed by atoms with van der Waals surface area (Å²) in [6.07, 6.45) is 0. The van der Waals surface area contributed by atoms with Crippen LogP contribution in [0.5, 0.6) is 0 Å². The largest absolute Gasteiger partial charge is 0.325 e. The monoisotopic (exact) mass is 361 g/mol. The fourth-order valence-corrected chi connectivity index (χ4v) is 2.76. The summed E-state index contributed by atoms with van der Waals surface area (Å²) in [6.45, 7) is 2.50. The number of nitrogens with one attached hydrogen (secondary N) is 1. The Kier molecular flexibility index (Phi) is 4.90. The molecule has 1 N–H and O–H groups in total. The minimum atomic E-state index is -0.385. The minimum Gasteiger partial charge on any atom is -0.324 e. The van der Waals surface area contributed by atoms with Gasteiger partial charge in [-0.3, -0.25) is 9.69 Å². The van der Waals surface area contributed by atoms with Crippen molar-refractivity contribution in [3.63, 3.8) is 0 Å². The summed E-state index contributed by atoms with van der Waals surface area (Å²) in [5, 5.41) is 3.21. The number of benzene rings is 2. The van der Waals surface area contributed by atoms with Gasteiger partial charge in [-0.25, -0.2) is 9.18 Å². The second-order valence-corrected chi connectivity index (χ2v) is 6.28. The number of urea groups is 1. The standard InChI is InChI=1S/C18H17ClFN3O2/c1-12-2-5-14(10-16(12)20)21-17(24)11-22-8-9-23(18(22)25)15-6-3-13(19)4-7-15/h2-7,10H,8-9,11H2,1H3,(H,21,24). The van der Waals surface area contributed by atoms with E-state index in [9.17, 15) is 14.0 Å². The summed E-state index contributed by atoms with van der Waals surface area (Å²) in [7, 11) is 0. The SMILES string of the molecule is Cc1ccc(NC(=O)CN2CCN(c3ccc(Cl)cc3)C2=O)cc1F. The van der Waals surface area contributed by atoms with E-state index in [1.54, 1.807) is 48.2 Å². The summed E-state index contributed by atoms with van der Waals surface area (Å²) in [5.41, 5.74) is 1.61. The van der Waals surface area contributed by atoms with E-state index in [-0.39, 0.29) is 24.3 Å². The molecular weight excluding hydrogens is 345 g/mol. The van der Waals surface area contributed by atoms with E-state index in [0.29, 0.717) is 29.4 Å². The molecule has 2 aromatic carbocycles. The Bertz CT molecular complexity index is 810. The summed E-state index contributed by atoms with van der Waals surface area (Å²) in [4.78, 5) is 27.6. The number of nitrogens with zero attached hydrogens (tertiary/aromatic N) is 2. The van der Waals surface area contributed by atoms with Crippen LogP contribution in [0, 0.1) is 12.7 Å². The molecule has 1 heterocycles. The molecule has 130 valence electrons. The molecule has 3 rings (SSSR count). The third-order valence-corrected chi connectivity index (χ3v) is 4.28. The molecule has 7 heteroatoms. The fourth-order valence-electron chi connectivity index (χ4n) is 2.63. The van der Waals surface area contributed by atoms with Gasteiger partial charge in [-0.2, -0.15) is 0 Å². The number of anilines is 2. The molecule has 2 aromatic rings. The summed E-state index contributed by atoms with van der Waals surface area (Å²) >= 11 is 5.86. The van der Waals surface area contributed by atoms with Gasteiger partial charge in [0.15, 0.2) is 0 Å². The molecule has 0 bridgehead atoms. The van der Waals surface area contributed by atoms with Crippen LogP contribution in [0.3, 0.4) is 0 Å². The van der Waals surface area contributed by atoms with Crippen LogP contribution in [-0.4, -0.2) is 36.5 Å². The molecule has 25 heavy (non-hydrogen) atoms. The first-order chi connectivity index (χ1) is 11.9. The Morgan fingerprint density at radius 2 is 1.92 bits per heavy atom. The average Bonchev–Trinajstić information content (AvgIpc) is 2.93. The maximum Gasteiger partial charge on any atom is 0.325 e. The van der Waals surface area contributed by atoms with E-state index in [1.807, 2.05) is 0 Å². The number of carbonyl (C=O) groups is 2. The molecule has 1 fully saturated rings. The zero-order chi connectivity index (χ0) is 18.0. The van der Waals surface area contributed by atoms with Crippen molar-refractivity contribution in [3.8, 4) is 0 Å². The first kappa shape index (κ1) is 17.2. The highest BCUT2D eigenvalue weighted by atomic mass is 35.5. The second kappa shape index (κ2) is 7.11. The van der Waals surface area contributed by atoms with Gasteiger partial charge in [-0.15, -0.1) is 0 Å². The zero-order valence-corrected chi connectivity index (χ0v) is 14.4. The van der Waals surface area contributed by atoms with Gasteiger partial charge in [0.2, 0.25) is 5.91 Å². The molecule has 1 saturated heterocycles. The van der Waals surface area contributed by atoms with Crippen LogP contribution >= 0.6 is 11.6 Å². The molecule has 0 unspecified atom stereocenters. The highest BCUT2D eigenvalue weighted by Crippen LogP contribution is 2.22. The smallest absolute Gasteiger partial charge is 0.324 e. The van der Waals surface area contributed by atoms with E-state index in [4.69, 9.17) is 11.6 Å². The topological polar surface area (TPSA) is 52.7 Å². The Labute approximate surface area is 150 Å². The van der Waals surface area contributed by atoms with Gasteiger partial charge in [0.05, 0.1) is 0 Å². The van der Waals surface area contributed by atoms with Gasteiger partial charge in [-0.1, -0.05) is 17.7 Å². The lowest BCUT2D eigenvalue weighted by Crippen LogP contribution is -2.37. The molecule has 0 spiro atoms. The average molecular weight is 362 g/mol. The molecule has 0 aromatic heterocycles. The number of rotatable bonds is 4. The maximum absolute atomic E-state index is 13.5. The number of carbonyl (C=O) groups excluding carboxylic acids is 2. The molecule has 1 aliphatic heterocycles.